The number of aliphatic hydroxyl groups excluding tert-OH is 12. The molecule has 0 unspecified atom stereocenters. The Kier molecular flexibility index (Phi) is 14.0. The molecule has 0 bridgehead atoms. The zero-order chi connectivity index (χ0) is 43.9. The van der Waals surface area contributed by atoms with Crippen LogP contribution in [0.15, 0.2) is 36.4 Å². The van der Waals surface area contributed by atoms with Gasteiger partial charge in [0, 0.05) is 17.2 Å². The second-order valence-electron chi connectivity index (χ2n) is 14.9. The fourth-order valence-corrected chi connectivity index (χ4v) is 7.02. The number of aliphatic hydroxyl groups is 12. The van der Waals surface area contributed by atoms with Gasteiger partial charge in [-0.2, -0.15) is 0 Å². The number of benzene rings is 3. The number of hydrogen-bond acceptors (Lipinski definition) is 21. The van der Waals surface area contributed by atoms with E-state index in [2.05, 4.69) is 0 Å². The van der Waals surface area contributed by atoms with E-state index in [1.165, 1.54) is 57.2 Å². The first-order valence-corrected chi connectivity index (χ1v) is 18.8. The molecule has 3 aromatic carbocycles. The quantitative estimate of drug-likeness (QED) is 0.0864. The van der Waals surface area contributed by atoms with Crippen molar-refractivity contribution in [1.82, 2.24) is 0 Å². The van der Waals surface area contributed by atoms with Gasteiger partial charge in [-0.25, -0.2) is 0 Å². The number of aryl methyl sites for hydroxylation is 3. The van der Waals surface area contributed by atoms with Gasteiger partial charge in [0.25, 0.3) is 0 Å². The van der Waals surface area contributed by atoms with Crippen LogP contribution < -0.4 is 18.9 Å². The SMILES string of the molecule is Cc1cc(O)c(-c2cc(O[C@@H]3O[C@H](CO)[C@@H](O)[C@H](O)[C@H]3O)cc(C)c2Oc2cc(O[C@@H]3O[C@H](CO)[C@@H](O)[C@H](O)[C@H]3O)cc(C)c2O)cc1O[C@@H]1O[C@H](CO)[C@@H](O)[C@H](O)[C@H]1O. The van der Waals surface area contributed by atoms with Crippen LogP contribution in [0.4, 0.5) is 0 Å². The van der Waals surface area contributed by atoms with Crippen molar-refractivity contribution < 1.29 is 105 Å². The summed E-state index contributed by atoms with van der Waals surface area (Å²) in [6.07, 6.45) is -24.4. The van der Waals surface area contributed by atoms with Crippen LogP contribution in [-0.4, -0.2) is 183 Å². The van der Waals surface area contributed by atoms with Crippen LogP contribution >= 0.6 is 0 Å². The summed E-state index contributed by atoms with van der Waals surface area (Å²) in [6, 6.07) is 7.83. The molecule has 0 amide bonds. The van der Waals surface area contributed by atoms with Crippen LogP contribution in [0.5, 0.6) is 40.2 Å². The summed E-state index contributed by atoms with van der Waals surface area (Å²) in [5.74, 6) is -1.29. The lowest BCUT2D eigenvalue weighted by Crippen LogP contribution is -2.60. The van der Waals surface area contributed by atoms with Gasteiger partial charge >= 0.3 is 0 Å². The van der Waals surface area contributed by atoms with Crippen LogP contribution in [-0.2, 0) is 14.2 Å². The van der Waals surface area contributed by atoms with E-state index in [-0.39, 0.29) is 62.3 Å². The molecule has 3 heterocycles. The van der Waals surface area contributed by atoms with Crippen LogP contribution in [0, 0.1) is 20.8 Å². The summed E-state index contributed by atoms with van der Waals surface area (Å²) in [7, 11) is 0. The molecular weight excluding hydrogens is 804 g/mol. The van der Waals surface area contributed by atoms with Gasteiger partial charge < -0.3 is 105 Å². The van der Waals surface area contributed by atoms with E-state index in [9.17, 15) is 71.5 Å². The number of ether oxygens (including phenoxy) is 7. The summed E-state index contributed by atoms with van der Waals surface area (Å²) >= 11 is 0. The smallest absolute Gasteiger partial charge is 0.229 e. The van der Waals surface area contributed by atoms with E-state index in [4.69, 9.17) is 33.2 Å². The van der Waals surface area contributed by atoms with Gasteiger partial charge in [0.05, 0.1) is 19.8 Å². The van der Waals surface area contributed by atoms with Crippen LogP contribution in [0.3, 0.4) is 0 Å². The zero-order valence-electron chi connectivity index (χ0n) is 32.4. The van der Waals surface area contributed by atoms with E-state index in [0.29, 0.717) is 0 Å². The number of phenolic OH excluding ortho intramolecular Hbond substituents is 2. The van der Waals surface area contributed by atoms with Gasteiger partial charge in [0.15, 0.2) is 11.5 Å². The second-order valence-corrected chi connectivity index (χ2v) is 14.9. The molecule has 0 aliphatic carbocycles. The molecule has 0 spiro atoms. The predicted molar refractivity (Wildman–Crippen MR) is 199 cm³/mol. The minimum absolute atomic E-state index is 0.00283. The number of phenols is 2. The minimum Gasteiger partial charge on any atom is -0.507 e. The predicted octanol–water partition coefficient (Wildman–Crippen LogP) is -2.98. The summed E-state index contributed by atoms with van der Waals surface area (Å²) in [6.45, 7) is 2.38. The van der Waals surface area contributed by atoms with Gasteiger partial charge in [-0.05, 0) is 67.8 Å². The van der Waals surface area contributed by atoms with Crippen LogP contribution in [0.1, 0.15) is 16.7 Å². The zero-order valence-corrected chi connectivity index (χ0v) is 32.4. The molecule has 3 saturated heterocycles. The first kappa shape index (κ1) is 45.4. The van der Waals surface area contributed by atoms with Gasteiger partial charge in [-0.1, -0.05) is 0 Å². The Hall–Kier alpha value is -4.14. The molecule has 21 nitrogen and oxygen atoms in total. The van der Waals surface area contributed by atoms with Crippen molar-refractivity contribution in [3.63, 3.8) is 0 Å². The molecule has 3 aliphatic rings. The molecule has 3 aromatic rings. The molecule has 21 heteroatoms. The highest BCUT2D eigenvalue weighted by molar-refractivity contribution is 5.80. The lowest BCUT2D eigenvalue weighted by Gasteiger charge is -2.39. The summed E-state index contributed by atoms with van der Waals surface area (Å²) in [4.78, 5) is 0. The molecule has 15 atom stereocenters. The van der Waals surface area contributed by atoms with E-state index in [0.717, 1.165) is 0 Å². The molecule has 6 rings (SSSR count). The third-order valence-corrected chi connectivity index (χ3v) is 10.6. The Labute approximate surface area is 341 Å². The van der Waals surface area contributed by atoms with E-state index in [1.54, 1.807) is 0 Å². The fourth-order valence-electron chi connectivity index (χ4n) is 7.02. The Morgan fingerprint density at radius 2 is 0.883 bits per heavy atom. The Morgan fingerprint density at radius 3 is 1.35 bits per heavy atom. The topological polar surface area (TPSA) is 348 Å². The first-order valence-electron chi connectivity index (χ1n) is 18.8. The average molecular weight is 855 g/mol. The van der Waals surface area contributed by atoms with Gasteiger partial charge in [0.2, 0.25) is 18.9 Å². The van der Waals surface area contributed by atoms with Gasteiger partial charge in [-0.3, -0.25) is 0 Å². The molecule has 3 aliphatic heterocycles. The summed E-state index contributed by atoms with van der Waals surface area (Å²) in [5, 5.41) is 145. The fraction of sp³-hybridized carbons (Fsp3) is 0.538. The number of rotatable bonds is 12. The molecule has 0 aromatic heterocycles. The Morgan fingerprint density at radius 1 is 0.450 bits per heavy atom. The van der Waals surface area contributed by atoms with Crippen molar-refractivity contribution in [3.8, 4) is 51.4 Å². The molecule has 0 radical (unpaired) electrons. The highest BCUT2D eigenvalue weighted by atomic mass is 16.7. The third kappa shape index (κ3) is 8.92. The molecule has 60 heavy (non-hydrogen) atoms. The van der Waals surface area contributed by atoms with E-state index in [1.807, 2.05) is 0 Å². The first-order chi connectivity index (χ1) is 28.4. The minimum atomic E-state index is -1.81. The maximum Gasteiger partial charge on any atom is 0.229 e. The van der Waals surface area contributed by atoms with Crippen molar-refractivity contribution in [1.29, 1.82) is 0 Å². The maximum atomic E-state index is 11.4. The second kappa shape index (κ2) is 18.5. The normalized spacial score (nSPS) is 34.5. The summed E-state index contributed by atoms with van der Waals surface area (Å²) < 4.78 is 40.4. The standard InChI is InChI=1S/C39H50O21/c1-13-6-20(43)18(9-21(13)57-39-35(53)32(50)29(47)25(12-42)60-39)19-7-16(54-37-33(51)30(48)27(45)23(10-40)58-37)5-15(3)36(19)56-22-8-17(4-14(2)26(22)44)55-38-34(52)31(49)28(46)24(11-41)59-38/h4-9,23-25,27-35,37-53H,10-12H2,1-3H3/t23-,24-,25-,27-,28-,29-,30+,31+,32+,33-,34-,35-,37-,38-,39-/m1/s1. The number of hydrogen-bond donors (Lipinski definition) is 14. The maximum absolute atomic E-state index is 11.4. The highest BCUT2D eigenvalue weighted by Gasteiger charge is 2.47. The third-order valence-electron chi connectivity index (χ3n) is 10.6. The van der Waals surface area contributed by atoms with Gasteiger partial charge in [0.1, 0.15) is 102 Å². The molecule has 332 valence electrons. The Bertz CT molecular complexity index is 1960. The van der Waals surface area contributed by atoms with Crippen molar-refractivity contribution in [2.24, 2.45) is 0 Å². The number of aromatic hydroxyl groups is 2. The van der Waals surface area contributed by atoms with Crippen LogP contribution in [0.2, 0.25) is 0 Å². The largest absolute Gasteiger partial charge is 0.507 e. The van der Waals surface area contributed by atoms with Crippen molar-refractivity contribution in [3.05, 3.63) is 53.1 Å². The van der Waals surface area contributed by atoms with E-state index < -0.39 is 118 Å². The van der Waals surface area contributed by atoms with Crippen molar-refractivity contribution in [2.75, 3.05) is 19.8 Å². The van der Waals surface area contributed by atoms with Crippen molar-refractivity contribution in [2.45, 2.75) is 113 Å². The summed E-state index contributed by atoms with van der Waals surface area (Å²) in [5.41, 5.74) is 0.654. The van der Waals surface area contributed by atoms with E-state index >= 15 is 0 Å². The lowest BCUT2D eigenvalue weighted by atomic mass is 9.97. The average Bonchev–Trinajstić information content (AvgIpc) is 3.21. The Balaban J connectivity index is 1.42. The molecule has 3 fully saturated rings. The molecular formula is C39H50O21. The lowest BCUT2D eigenvalue weighted by molar-refractivity contribution is -0.277. The van der Waals surface area contributed by atoms with Crippen molar-refractivity contribution >= 4 is 0 Å². The highest BCUT2D eigenvalue weighted by Crippen LogP contribution is 2.48. The van der Waals surface area contributed by atoms with Crippen LogP contribution in [0.25, 0.3) is 11.1 Å². The molecule has 14 N–H and O–H groups in total. The van der Waals surface area contributed by atoms with Gasteiger partial charge in [-0.15, -0.1) is 0 Å². The molecule has 0 saturated carbocycles. The monoisotopic (exact) mass is 854 g/mol.